The maximum Gasteiger partial charge on any atom is 0.269 e. The van der Waals surface area contributed by atoms with Gasteiger partial charge in [-0.05, 0) is 28.7 Å². The number of carbonyl (C=O) groups excluding carboxylic acids is 2. The number of hydrogen-bond donors (Lipinski definition) is 0. The minimum absolute atomic E-state index is 0.0902. The van der Waals surface area contributed by atoms with Crippen LogP contribution < -0.4 is 0 Å². The van der Waals surface area contributed by atoms with Gasteiger partial charge in [-0.3, -0.25) is 19.7 Å². The van der Waals surface area contributed by atoms with Gasteiger partial charge in [0.1, 0.15) is 12.4 Å². The molecular formula is C24H27FN4O4. The number of halogens is 1. The quantitative estimate of drug-likeness (QED) is 0.480. The van der Waals surface area contributed by atoms with Gasteiger partial charge >= 0.3 is 0 Å². The minimum atomic E-state index is -0.580. The Morgan fingerprint density at radius 2 is 1.88 bits per heavy atom. The van der Waals surface area contributed by atoms with Crippen molar-refractivity contribution in [2.75, 3.05) is 13.6 Å². The third-order valence-electron chi connectivity index (χ3n) is 5.29. The molecule has 33 heavy (non-hydrogen) atoms. The molecule has 1 heterocycles. The molecule has 0 aromatic heterocycles. The molecule has 2 aromatic rings. The number of non-ortho nitro benzene ring substituents is 1. The smallest absolute Gasteiger partial charge is 0.269 e. The highest BCUT2D eigenvalue weighted by Crippen LogP contribution is 2.34. The first kappa shape index (κ1) is 24.0. The summed E-state index contributed by atoms with van der Waals surface area (Å²) in [5.74, 6) is -0.961. The largest absolute Gasteiger partial charge is 0.336 e. The minimum Gasteiger partial charge on any atom is -0.336 e. The van der Waals surface area contributed by atoms with Gasteiger partial charge in [0.2, 0.25) is 5.91 Å². The summed E-state index contributed by atoms with van der Waals surface area (Å²) in [7, 11) is 1.56. The lowest BCUT2D eigenvalue weighted by atomic mass is 9.92. The summed E-state index contributed by atoms with van der Waals surface area (Å²) in [5, 5.41) is 17.0. The average Bonchev–Trinajstić information content (AvgIpc) is 3.18. The Hall–Kier alpha value is -3.62. The molecule has 9 heteroatoms. The number of amides is 2. The van der Waals surface area contributed by atoms with Crippen LogP contribution in [-0.2, 0) is 9.59 Å². The van der Waals surface area contributed by atoms with Crippen LogP contribution in [0.3, 0.4) is 0 Å². The van der Waals surface area contributed by atoms with E-state index in [0.717, 1.165) is 0 Å². The predicted octanol–water partition coefficient (Wildman–Crippen LogP) is 4.31. The van der Waals surface area contributed by atoms with Gasteiger partial charge in [0.25, 0.3) is 11.6 Å². The number of carbonyl (C=O) groups is 2. The average molecular weight is 455 g/mol. The molecule has 1 aliphatic rings. The van der Waals surface area contributed by atoms with Crippen molar-refractivity contribution in [2.24, 2.45) is 10.5 Å². The van der Waals surface area contributed by atoms with E-state index in [9.17, 15) is 24.1 Å². The Labute approximate surface area is 191 Å². The van der Waals surface area contributed by atoms with Crippen LogP contribution in [0.15, 0.2) is 53.6 Å². The van der Waals surface area contributed by atoms with Crippen molar-refractivity contribution in [2.45, 2.75) is 39.7 Å². The Balaban J connectivity index is 1.89. The fourth-order valence-corrected chi connectivity index (χ4v) is 3.61. The normalized spacial score (nSPS) is 15.8. The first-order chi connectivity index (χ1) is 15.4. The van der Waals surface area contributed by atoms with E-state index in [0.29, 0.717) is 23.3 Å². The Morgan fingerprint density at radius 3 is 2.48 bits per heavy atom. The lowest BCUT2D eigenvalue weighted by Gasteiger charge is -2.26. The van der Waals surface area contributed by atoms with Crippen molar-refractivity contribution in [1.82, 2.24) is 9.91 Å². The van der Waals surface area contributed by atoms with Crippen LogP contribution in [0.5, 0.6) is 0 Å². The zero-order valence-electron chi connectivity index (χ0n) is 19.1. The van der Waals surface area contributed by atoms with E-state index in [1.807, 2.05) is 20.8 Å². The summed E-state index contributed by atoms with van der Waals surface area (Å²) >= 11 is 0. The summed E-state index contributed by atoms with van der Waals surface area (Å²) in [6.45, 7) is 5.65. The Kier molecular flexibility index (Phi) is 6.90. The van der Waals surface area contributed by atoms with E-state index >= 15 is 0 Å². The molecule has 1 aliphatic heterocycles. The molecule has 0 aliphatic carbocycles. The van der Waals surface area contributed by atoms with Gasteiger partial charge in [0, 0.05) is 32.0 Å². The van der Waals surface area contributed by atoms with E-state index in [4.69, 9.17) is 0 Å². The number of nitro groups is 1. The van der Waals surface area contributed by atoms with Crippen molar-refractivity contribution < 1.29 is 18.9 Å². The highest BCUT2D eigenvalue weighted by atomic mass is 19.1. The summed E-state index contributed by atoms with van der Waals surface area (Å²) in [6.07, 6.45) is 0.591. The van der Waals surface area contributed by atoms with Crippen molar-refractivity contribution in [1.29, 1.82) is 0 Å². The zero-order valence-corrected chi connectivity index (χ0v) is 19.1. The van der Waals surface area contributed by atoms with Crippen molar-refractivity contribution in [3.8, 4) is 0 Å². The molecule has 0 saturated heterocycles. The second-order valence-corrected chi connectivity index (χ2v) is 9.35. The van der Waals surface area contributed by atoms with Crippen LogP contribution in [0, 0.1) is 21.3 Å². The highest BCUT2D eigenvalue weighted by Gasteiger charge is 2.34. The van der Waals surface area contributed by atoms with Crippen LogP contribution in [-0.4, -0.2) is 46.0 Å². The van der Waals surface area contributed by atoms with Gasteiger partial charge in [-0.25, -0.2) is 9.40 Å². The lowest BCUT2D eigenvalue weighted by molar-refractivity contribution is -0.385. The second kappa shape index (κ2) is 9.48. The number of rotatable bonds is 6. The number of hydrogen-bond acceptors (Lipinski definition) is 5. The fourth-order valence-electron chi connectivity index (χ4n) is 3.61. The third kappa shape index (κ3) is 6.00. The van der Waals surface area contributed by atoms with E-state index in [2.05, 4.69) is 5.10 Å². The predicted molar refractivity (Wildman–Crippen MR) is 122 cm³/mol. The SMILES string of the molecule is CN(CC(=O)N1N=C(c2ccc(F)cc2)CC1c1cccc([N+](=O)[O-])c1)C(=O)CC(C)(C)C. The zero-order chi connectivity index (χ0) is 24.3. The number of nitro benzene ring substituents is 1. The van der Waals surface area contributed by atoms with E-state index < -0.39 is 16.9 Å². The molecule has 174 valence electrons. The molecule has 0 bridgehead atoms. The van der Waals surface area contributed by atoms with Crippen LogP contribution in [0.1, 0.15) is 50.8 Å². The fraction of sp³-hybridized carbons (Fsp3) is 0.375. The van der Waals surface area contributed by atoms with E-state index in [1.54, 1.807) is 31.3 Å². The molecule has 8 nitrogen and oxygen atoms in total. The maximum atomic E-state index is 13.4. The third-order valence-corrected chi connectivity index (χ3v) is 5.29. The molecule has 0 saturated carbocycles. The summed E-state index contributed by atoms with van der Waals surface area (Å²) in [5.41, 5.74) is 1.46. The molecule has 2 amide bonds. The van der Waals surface area contributed by atoms with Gasteiger partial charge in [-0.1, -0.05) is 45.0 Å². The summed E-state index contributed by atoms with van der Waals surface area (Å²) < 4.78 is 13.4. The highest BCUT2D eigenvalue weighted by molar-refractivity contribution is 6.03. The summed E-state index contributed by atoms with van der Waals surface area (Å²) in [6, 6.07) is 11.3. The van der Waals surface area contributed by atoms with Crippen molar-refractivity contribution >= 4 is 23.2 Å². The first-order valence-corrected chi connectivity index (χ1v) is 10.6. The standard InChI is InChI=1S/C24H27FN4O4/c1-24(2,3)14-22(30)27(4)15-23(31)28-21(17-6-5-7-19(12-17)29(32)33)13-20(26-28)16-8-10-18(25)11-9-16/h5-12,21H,13-15H2,1-4H3. The molecule has 1 atom stereocenters. The van der Waals surface area contributed by atoms with Gasteiger partial charge in [0.05, 0.1) is 16.7 Å². The number of benzene rings is 2. The van der Waals surface area contributed by atoms with E-state index in [-0.39, 0.29) is 35.8 Å². The van der Waals surface area contributed by atoms with E-state index in [1.165, 1.54) is 34.2 Å². The first-order valence-electron chi connectivity index (χ1n) is 10.6. The molecule has 0 spiro atoms. The van der Waals surface area contributed by atoms with Crippen LogP contribution in [0.4, 0.5) is 10.1 Å². The second-order valence-electron chi connectivity index (χ2n) is 9.35. The van der Waals surface area contributed by atoms with Gasteiger partial charge in [-0.2, -0.15) is 5.10 Å². The Bertz CT molecular complexity index is 1090. The van der Waals surface area contributed by atoms with Crippen LogP contribution in [0.25, 0.3) is 0 Å². The van der Waals surface area contributed by atoms with Crippen LogP contribution in [0.2, 0.25) is 0 Å². The molecule has 0 radical (unpaired) electrons. The number of hydrazone groups is 1. The topological polar surface area (TPSA) is 96.1 Å². The van der Waals surface area contributed by atoms with Gasteiger partial charge < -0.3 is 4.90 Å². The Morgan fingerprint density at radius 1 is 1.21 bits per heavy atom. The van der Waals surface area contributed by atoms with Crippen molar-refractivity contribution in [3.63, 3.8) is 0 Å². The van der Waals surface area contributed by atoms with Gasteiger partial charge in [0.15, 0.2) is 0 Å². The molecule has 0 fully saturated rings. The van der Waals surface area contributed by atoms with Gasteiger partial charge in [-0.15, -0.1) is 0 Å². The summed E-state index contributed by atoms with van der Waals surface area (Å²) in [4.78, 5) is 37.8. The monoisotopic (exact) mass is 454 g/mol. The maximum absolute atomic E-state index is 13.4. The molecular weight excluding hydrogens is 427 g/mol. The number of likely N-dealkylation sites (N-methyl/N-ethyl adjacent to an activating group) is 1. The lowest BCUT2D eigenvalue weighted by Crippen LogP contribution is -2.40. The number of nitrogens with zero attached hydrogens (tertiary/aromatic N) is 4. The molecule has 3 rings (SSSR count). The van der Waals surface area contributed by atoms with Crippen LogP contribution >= 0.6 is 0 Å². The molecule has 0 N–H and O–H groups in total. The molecule has 2 aromatic carbocycles. The van der Waals surface area contributed by atoms with Crippen molar-refractivity contribution in [3.05, 3.63) is 75.6 Å². The molecule has 1 unspecified atom stereocenters.